The summed E-state index contributed by atoms with van der Waals surface area (Å²) in [5, 5.41) is 17.4. The van der Waals surface area contributed by atoms with E-state index < -0.39 is 0 Å². The van der Waals surface area contributed by atoms with Crippen LogP contribution in [0, 0.1) is 23.2 Å². The predicted octanol–water partition coefficient (Wildman–Crippen LogP) is 1.88. The number of pyridine rings is 1. The van der Waals surface area contributed by atoms with Crippen LogP contribution in [-0.4, -0.2) is 16.7 Å². The van der Waals surface area contributed by atoms with E-state index in [4.69, 9.17) is 15.1 Å². The van der Waals surface area contributed by atoms with Gasteiger partial charge < -0.3 is 9.84 Å². The molecule has 1 aromatic heterocycles. The highest BCUT2D eigenvalue weighted by atomic mass is 16.5. The van der Waals surface area contributed by atoms with Crippen LogP contribution in [0.15, 0.2) is 42.6 Å². The van der Waals surface area contributed by atoms with Gasteiger partial charge >= 0.3 is 0 Å². The van der Waals surface area contributed by atoms with E-state index in [1.807, 2.05) is 24.3 Å². The van der Waals surface area contributed by atoms with Gasteiger partial charge in [0.05, 0.1) is 0 Å². The number of hydrogen-bond acceptors (Lipinski definition) is 4. The van der Waals surface area contributed by atoms with Crippen molar-refractivity contribution in [2.75, 3.05) is 6.61 Å². The number of rotatable bonds is 3. The summed E-state index contributed by atoms with van der Waals surface area (Å²) in [4.78, 5) is 3.90. The monoisotopic (exact) mass is 264 g/mol. The van der Waals surface area contributed by atoms with Gasteiger partial charge in [0.25, 0.3) is 0 Å². The van der Waals surface area contributed by atoms with Gasteiger partial charge in [0.2, 0.25) is 0 Å². The molecule has 98 valence electrons. The second kappa shape index (κ2) is 6.94. The number of aromatic nitrogens is 1. The van der Waals surface area contributed by atoms with Crippen molar-refractivity contribution in [3.63, 3.8) is 0 Å². The Labute approximate surface area is 117 Å². The van der Waals surface area contributed by atoms with Crippen LogP contribution < -0.4 is 4.74 Å². The zero-order valence-corrected chi connectivity index (χ0v) is 10.7. The first-order valence-corrected chi connectivity index (χ1v) is 5.99. The molecule has 0 spiro atoms. The van der Waals surface area contributed by atoms with E-state index in [9.17, 15) is 0 Å². The third-order valence-electron chi connectivity index (χ3n) is 2.49. The van der Waals surface area contributed by atoms with Crippen molar-refractivity contribution >= 4 is 0 Å². The molecular formula is C16H12N2O2. The number of aliphatic hydroxyl groups is 1. The number of nitriles is 1. The Morgan fingerprint density at radius 1 is 1.25 bits per heavy atom. The van der Waals surface area contributed by atoms with E-state index in [0.717, 1.165) is 11.1 Å². The van der Waals surface area contributed by atoms with Crippen LogP contribution in [0.25, 0.3) is 0 Å². The molecule has 0 aliphatic carbocycles. The van der Waals surface area contributed by atoms with Crippen molar-refractivity contribution in [2.24, 2.45) is 0 Å². The predicted molar refractivity (Wildman–Crippen MR) is 73.7 cm³/mol. The summed E-state index contributed by atoms with van der Waals surface area (Å²) in [6.45, 7) is 0.188. The quantitative estimate of drug-likeness (QED) is 0.859. The zero-order valence-electron chi connectivity index (χ0n) is 10.7. The molecule has 0 unspecified atom stereocenters. The average molecular weight is 264 g/mol. The summed E-state index contributed by atoms with van der Waals surface area (Å²) in [5.74, 6) is 6.09. The molecule has 0 saturated heterocycles. The normalized spacial score (nSPS) is 9.20. The number of aliphatic hydroxyl groups excluding tert-OH is 1. The van der Waals surface area contributed by atoms with Gasteiger partial charge in [-0.15, -0.1) is 0 Å². The molecule has 0 saturated carbocycles. The van der Waals surface area contributed by atoms with Crippen LogP contribution in [0.5, 0.6) is 5.75 Å². The minimum Gasteiger partial charge on any atom is -0.489 e. The molecule has 2 rings (SSSR count). The molecule has 0 amide bonds. The lowest BCUT2D eigenvalue weighted by molar-refractivity contribution is 0.306. The Hall–Kier alpha value is -2.82. The van der Waals surface area contributed by atoms with Gasteiger partial charge in [-0.3, -0.25) is 0 Å². The van der Waals surface area contributed by atoms with Crippen molar-refractivity contribution in [3.05, 3.63) is 59.4 Å². The van der Waals surface area contributed by atoms with E-state index >= 15 is 0 Å². The lowest BCUT2D eigenvalue weighted by atomic mass is 10.2. The molecule has 20 heavy (non-hydrogen) atoms. The molecule has 0 radical (unpaired) electrons. The molecule has 1 heterocycles. The SMILES string of the molecule is N#Cc1cc(COc2cccc(C#CCO)c2)ccn1. The largest absolute Gasteiger partial charge is 0.489 e. The first-order valence-electron chi connectivity index (χ1n) is 5.99. The highest BCUT2D eigenvalue weighted by Crippen LogP contribution is 2.14. The molecule has 4 heteroatoms. The van der Waals surface area contributed by atoms with E-state index in [1.54, 1.807) is 24.4 Å². The number of benzene rings is 1. The maximum Gasteiger partial charge on any atom is 0.140 e. The molecule has 4 nitrogen and oxygen atoms in total. The fourth-order valence-electron chi connectivity index (χ4n) is 1.60. The van der Waals surface area contributed by atoms with Gasteiger partial charge in [-0.1, -0.05) is 17.9 Å². The Kier molecular flexibility index (Phi) is 4.72. The molecule has 0 bridgehead atoms. The first kappa shape index (κ1) is 13.6. The summed E-state index contributed by atoms with van der Waals surface area (Å²) in [6, 6.07) is 12.8. The number of ether oxygens (including phenoxy) is 1. The summed E-state index contributed by atoms with van der Waals surface area (Å²) >= 11 is 0. The summed E-state index contributed by atoms with van der Waals surface area (Å²) in [7, 11) is 0. The van der Waals surface area contributed by atoms with Crippen LogP contribution >= 0.6 is 0 Å². The Morgan fingerprint density at radius 2 is 2.15 bits per heavy atom. The summed E-state index contributed by atoms with van der Waals surface area (Å²) in [6.07, 6.45) is 1.58. The smallest absolute Gasteiger partial charge is 0.140 e. The van der Waals surface area contributed by atoms with Crippen molar-refractivity contribution in [1.82, 2.24) is 4.98 Å². The van der Waals surface area contributed by atoms with Gasteiger partial charge in [0, 0.05) is 11.8 Å². The van der Waals surface area contributed by atoms with Crippen LogP contribution in [0.2, 0.25) is 0 Å². The van der Waals surface area contributed by atoms with Gasteiger partial charge in [0.15, 0.2) is 0 Å². The molecule has 0 aliphatic rings. The van der Waals surface area contributed by atoms with Crippen LogP contribution in [0.4, 0.5) is 0 Å². The van der Waals surface area contributed by atoms with Crippen LogP contribution in [0.3, 0.4) is 0 Å². The van der Waals surface area contributed by atoms with Gasteiger partial charge in [-0.05, 0) is 35.9 Å². The van der Waals surface area contributed by atoms with Gasteiger partial charge in [-0.2, -0.15) is 5.26 Å². The third-order valence-corrected chi connectivity index (χ3v) is 2.49. The topological polar surface area (TPSA) is 66.1 Å². The molecule has 0 aliphatic heterocycles. The molecule has 0 fully saturated rings. The van der Waals surface area contributed by atoms with Crippen LogP contribution in [-0.2, 0) is 6.61 Å². The summed E-state index contributed by atoms with van der Waals surface area (Å²) < 4.78 is 5.64. The highest BCUT2D eigenvalue weighted by molar-refractivity contribution is 5.40. The Bertz CT molecular complexity index is 693. The maximum absolute atomic E-state index is 8.78. The minimum absolute atomic E-state index is 0.168. The highest BCUT2D eigenvalue weighted by Gasteiger charge is 1.99. The molecule has 1 aromatic carbocycles. The zero-order chi connectivity index (χ0) is 14.2. The van der Waals surface area contributed by atoms with Crippen molar-refractivity contribution in [1.29, 1.82) is 5.26 Å². The van der Waals surface area contributed by atoms with Gasteiger partial charge in [-0.25, -0.2) is 4.98 Å². The summed E-state index contributed by atoms with van der Waals surface area (Å²) in [5.41, 5.74) is 2.03. The van der Waals surface area contributed by atoms with Crippen molar-refractivity contribution in [3.8, 4) is 23.7 Å². The number of nitrogens with zero attached hydrogens (tertiary/aromatic N) is 2. The Morgan fingerprint density at radius 3 is 2.95 bits per heavy atom. The fourth-order valence-corrected chi connectivity index (χ4v) is 1.60. The maximum atomic E-state index is 8.78. The average Bonchev–Trinajstić information content (AvgIpc) is 2.51. The third kappa shape index (κ3) is 3.84. The minimum atomic E-state index is -0.168. The molecule has 1 N–H and O–H groups in total. The van der Waals surface area contributed by atoms with Crippen molar-refractivity contribution in [2.45, 2.75) is 6.61 Å². The van der Waals surface area contributed by atoms with E-state index in [2.05, 4.69) is 16.8 Å². The molecule has 0 atom stereocenters. The molecular weight excluding hydrogens is 252 g/mol. The second-order valence-corrected chi connectivity index (χ2v) is 3.94. The van der Waals surface area contributed by atoms with E-state index in [1.165, 1.54) is 0 Å². The lowest BCUT2D eigenvalue weighted by Crippen LogP contribution is -1.97. The fraction of sp³-hybridized carbons (Fsp3) is 0.125. The molecule has 2 aromatic rings. The first-order chi connectivity index (χ1) is 9.81. The Balaban J connectivity index is 2.05. The van der Waals surface area contributed by atoms with Gasteiger partial charge in [0.1, 0.15) is 30.7 Å². The number of hydrogen-bond donors (Lipinski definition) is 1. The van der Waals surface area contributed by atoms with E-state index in [0.29, 0.717) is 18.1 Å². The van der Waals surface area contributed by atoms with E-state index in [-0.39, 0.29) is 6.61 Å². The second-order valence-electron chi connectivity index (χ2n) is 3.94. The van der Waals surface area contributed by atoms with Crippen molar-refractivity contribution < 1.29 is 9.84 Å². The lowest BCUT2D eigenvalue weighted by Gasteiger charge is -2.06. The van der Waals surface area contributed by atoms with Crippen LogP contribution in [0.1, 0.15) is 16.8 Å². The standard InChI is InChI=1S/C16H12N2O2/c17-11-15-9-14(6-7-18-15)12-20-16-5-1-3-13(10-16)4-2-8-19/h1,3,5-7,9-10,19H,8,12H2.